The Hall–Kier alpha value is -1.76. The molecule has 0 amide bonds. The second kappa shape index (κ2) is 5.96. The van der Waals surface area contributed by atoms with Crippen LogP contribution in [0.15, 0.2) is 25.3 Å². The van der Waals surface area contributed by atoms with E-state index in [0.29, 0.717) is 0 Å². The first-order valence-corrected chi connectivity index (χ1v) is 5.58. The van der Waals surface area contributed by atoms with Crippen molar-refractivity contribution < 1.29 is 0 Å². The molecule has 1 aromatic rings. The van der Waals surface area contributed by atoms with Crippen LogP contribution in [0, 0.1) is 0 Å². The average Bonchev–Trinajstić information content (AvgIpc) is 2.64. The third-order valence-electron chi connectivity index (χ3n) is 2.40. The molecule has 84 valence electrons. The largest absolute Gasteiger partial charge is 0.355 e. The van der Waals surface area contributed by atoms with Crippen molar-refractivity contribution in [2.45, 2.75) is 20.3 Å². The molecule has 0 aliphatic heterocycles. The molecule has 0 saturated heterocycles. The fourth-order valence-electron chi connectivity index (χ4n) is 1.65. The Balaban J connectivity index is 3.38. The first-order valence-electron chi connectivity index (χ1n) is 5.58. The summed E-state index contributed by atoms with van der Waals surface area (Å²) in [5.74, 6) is 0. The number of hydrogen-bond donors (Lipinski definition) is 1. The molecular weight excluding hydrogens is 194 g/mol. The van der Waals surface area contributed by atoms with E-state index in [2.05, 4.69) is 43.3 Å². The first-order chi connectivity index (χ1) is 7.78. The zero-order valence-electron chi connectivity index (χ0n) is 10.1. The van der Waals surface area contributed by atoms with E-state index in [1.807, 2.05) is 25.2 Å². The van der Waals surface area contributed by atoms with Gasteiger partial charge in [0.25, 0.3) is 0 Å². The van der Waals surface area contributed by atoms with Crippen LogP contribution in [-0.4, -0.2) is 4.98 Å². The summed E-state index contributed by atoms with van der Waals surface area (Å²) in [6, 6.07) is 0. The molecular formula is C15H19N. The van der Waals surface area contributed by atoms with Gasteiger partial charge in [0, 0.05) is 22.5 Å². The van der Waals surface area contributed by atoms with E-state index in [0.717, 1.165) is 17.8 Å². The van der Waals surface area contributed by atoms with Crippen LogP contribution in [0.4, 0.5) is 0 Å². The third-order valence-corrected chi connectivity index (χ3v) is 2.40. The second-order valence-electron chi connectivity index (χ2n) is 3.50. The van der Waals surface area contributed by atoms with Crippen LogP contribution in [0.1, 0.15) is 42.8 Å². The van der Waals surface area contributed by atoms with Gasteiger partial charge in [0.05, 0.1) is 0 Å². The Labute approximate surface area is 97.9 Å². The zero-order chi connectivity index (χ0) is 12.0. The quantitative estimate of drug-likeness (QED) is 0.726. The van der Waals surface area contributed by atoms with Crippen molar-refractivity contribution in [1.82, 2.24) is 4.98 Å². The number of nitrogens with one attached hydrogen (secondary N) is 1. The maximum absolute atomic E-state index is 3.83. The van der Waals surface area contributed by atoms with Crippen LogP contribution in [0.2, 0.25) is 0 Å². The van der Waals surface area contributed by atoms with E-state index in [4.69, 9.17) is 0 Å². The second-order valence-corrected chi connectivity index (χ2v) is 3.50. The van der Waals surface area contributed by atoms with E-state index in [1.165, 1.54) is 11.1 Å². The summed E-state index contributed by atoms with van der Waals surface area (Å²) in [5.41, 5.74) is 4.46. The molecule has 0 aromatic carbocycles. The van der Waals surface area contributed by atoms with E-state index in [-0.39, 0.29) is 0 Å². The summed E-state index contributed by atoms with van der Waals surface area (Å²) >= 11 is 0. The van der Waals surface area contributed by atoms with E-state index in [1.54, 1.807) is 0 Å². The fourth-order valence-corrected chi connectivity index (χ4v) is 1.65. The van der Waals surface area contributed by atoms with Gasteiger partial charge in [0.2, 0.25) is 0 Å². The first kappa shape index (κ1) is 12.3. The van der Waals surface area contributed by atoms with Crippen LogP contribution in [0.25, 0.3) is 24.3 Å². The summed E-state index contributed by atoms with van der Waals surface area (Å²) in [5, 5.41) is 0. The topological polar surface area (TPSA) is 15.8 Å². The van der Waals surface area contributed by atoms with Crippen LogP contribution in [-0.2, 0) is 0 Å². The highest BCUT2D eigenvalue weighted by atomic mass is 14.7. The lowest BCUT2D eigenvalue weighted by atomic mass is 10.1. The van der Waals surface area contributed by atoms with Crippen molar-refractivity contribution in [3.8, 4) is 0 Å². The van der Waals surface area contributed by atoms with E-state index in [9.17, 15) is 0 Å². The van der Waals surface area contributed by atoms with Crippen LogP contribution in [0.3, 0.4) is 0 Å². The van der Waals surface area contributed by atoms with Gasteiger partial charge < -0.3 is 4.98 Å². The summed E-state index contributed by atoms with van der Waals surface area (Å²) in [7, 11) is 0. The molecule has 0 saturated carbocycles. The number of aromatic nitrogens is 1. The molecule has 1 heterocycles. The lowest BCUT2D eigenvalue weighted by Crippen LogP contribution is -1.78. The fraction of sp³-hybridized carbons (Fsp3) is 0.200. The van der Waals surface area contributed by atoms with E-state index >= 15 is 0 Å². The standard InChI is InChI=1S/C15H19N/c1-5-9-11-13-12(10-6-2)14(7-3)16-15(13)8-4/h6-11,16H,3-5H2,1-2H3/b10-6-,11-9-. The molecule has 0 radical (unpaired) electrons. The highest BCUT2D eigenvalue weighted by molar-refractivity contribution is 5.78. The summed E-state index contributed by atoms with van der Waals surface area (Å²) < 4.78 is 0. The zero-order valence-corrected chi connectivity index (χ0v) is 10.1. The maximum atomic E-state index is 3.83. The molecule has 0 unspecified atom stereocenters. The Morgan fingerprint density at radius 2 is 1.62 bits per heavy atom. The van der Waals surface area contributed by atoms with Crippen LogP contribution >= 0.6 is 0 Å². The summed E-state index contributed by atoms with van der Waals surface area (Å²) in [4.78, 5) is 3.30. The van der Waals surface area contributed by atoms with Crippen molar-refractivity contribution in [2.24, 2.45) is 0 Å². The lowest BCUT2D eigenvalue weighted by molar-refractivity contribution is 1.23. The third kappa shape index (κ3) is 2.43. The molecule has 0 bridgehead atoms. The van der Waals surface area contributed by atoms with Gasteiger partial charge in [0.1, 0.15) is 0 Å². The summed E-state index contributed by atoms with van der Waals surface area (Å²) in [6.07, 6.45) is 13.1. The Bertz CT molecular complexity index is 431. The number of rotatable bonds is 5. The van der Waals surface area contributed by atoms with Gasteiger partial charge in [-0.3, -0.25) is 0 Å². The molecule has 1 heteroatoms. The van der Waals surface area contributed by atoms with Gasteiger partial charge in [-0.05, 0) is 25.5 Å². The number of aromatic amines is 1. The minimum Gasteiger partial charge on any atom is -0.355 e. The van der Waals surface area contributed by atoms with Crippen molar-refractivity contribution >= 4 is 24.3 Å². The monoisotopic (exact) mass is 213 g/mol. The predicted molar refractivity (Wildman–Crippen MR) is 75.0 cm³/mol. The Morgan fingerprint density at radius 1 is 1.06 bits per heavy atom. The van der Waals surface area contributed by atoms with Crippen molar-refractivity contribution in [3.05, 3.63) is 47.8 Å². The smallest absolute Gasteiger partial charge is 0.0458 e. The molecule has 0 atom stereocenters. The average molecular weight is 213 g/mol. The highest BCUT2D eigenvalue weighted by Gasteiger charge is 2.08. The molecule has 1 rings (SSSR count). The molecule has 1 aromatic heterocycles. The van der Waals surface area contributed by atoms with Gasteiger partial charge in [-0.15, -0.1) is 0 Å². The number of H-pyrrole nitrogens is 1. The maximum Gasteiger partial charge on any atom is 0.0458 e. The van der Waals surface area contributed by atoms with Gasteiger partial charge in [-0.25, -0.2) is 0 Å². The van der Waals surface area contributed by atoms with Gasteiger partial charge in [-0.1, -0.05) is 44.4 Å². The highest BCUT2D eigenvalue weighted by Crippen LogP contribution is 2.24. The van der Waals surface area contributed by atoms with E-state index < -0.39 is 0 Å². The Morgan fingerprint density at radius 3 is 2.06 bits per heavy atom. The summed E-state index contributed by atoms with van der Waals surface area (Å²) in [6.45, 7) is 11.8. The van der Waals surface area contributed by atoms with Gasteiger partial charge >= 0.3 is 0 Å². The molecule has 1 nitrogen and oxygen atoms in total. The molecule has 0 aliphatic carbocycles. The molecule has 0 aliphatic rings. The van der Waals surface area contributed by atoms with Crippen LogP contribution in [0.5, 0.6) is 0 Å². The number of hydrogen-bond acceptors (Lipinski definition) is 0. The molecule has 16 heavy (non-hydrogen) atoms. The van der Waals surface area contributed by atoms with Crippen molar-refractivity contribution in [2.75, 3.05) is 0 Å². The molecule has 1 N–H and O–H groups in total. The molecule has 0 spiro atoms. The van der Waals surface area contributed by atoms with Gasteiger partial charge in [-0.2, -0.15) is 0 Å². The minimum atomic E-state index is 1.03. The normalized spacial score (nSPS) is 11.4. The van der Waals surface area contributed by atoms with Crippen molar-refractivity contribution in [1.29, 1.82) is 0 Å². The van der Waals surface area contributed by atoms with Crippen molar-refractivity contribution in [3.63, 3.8) is 0 Å². The SMILES string of the molecule is C=Cc1[nH]c(C=C)c(/C=C\CC)c1/C=C\C. The van der Waals surface area contributed by atoms with Crippen LogP contribution < -0.4 is 0 Å². The number of allylic oxidation sites excluding steroid dienone is 2. The Kier molecular flexibility index (Phi) is 4.59. The lowest BCUT2D eigenvalue weighted by Gasteiger charge is -1.96. The minimum absolute atomic E-state index is 1.03. The van der Waals surface area contributed by atoms with Gasteiger partial charge in [0.15, 0.2) is 0 Å². The molecule has 0 fully saturated rings. The predicted octanol–water partition coefficient (Wildman–Crippen LogP) is 4.76.